The average Bonchev–Trinajstić information content (AvgIpc) is 3.45. The zero-order valence-corrected chi connectivity index (χ0v) is 15.5. The number of oxazole rings is 1. The maximum Gasteiger partial charge on any atom is 0.275 e. The summed E-state index contributed by atoms with van der Waals surface area (Å²) in [4.78, 5) is 18.3. The third kappa shape index (κ3) is 3.61. The molecule has 0 unspecified atom stereocenters. The van der Waals surface area contributed by atoms with Crippen LogP contribution < -0.4 is 14.2 Å². The molecule has 1 aliphatic rings. The van der Waals surface area contributed by atoms with Crippen molar-refractivity contribution in [3.8, 4) is 17.2 Å². The van der Waals surface area contributed by atoms with Crippen molar-refractivity contribution < 1.29 is 23.4 Å². The van der Waals surface area contributed by atoms with Crippen LogP contribution in [-0.2, 0) is 19.7 Å². The second-order valence-corrected chi connectivity index (χ2v) is 6.12. The highest BCUT2D eigenvalue weighted by molar-refractivity contribution is 5.91. The van der Waals surface area contributed by atoms with Crippen LogP contribution >= 0.6 is 0 Å². The normalized spacial score (nSPS) is 12.2. The molecule has 0 saturated carbocycles. The van der Waals surface area contributed by atoms with Crippen LogP contribution in [0, 0.1) is 0 Å². The van der Waals surface area contributed by atoms with Crippen LogP contribution in [0.15, 0.2) is 35.2 Å². The first-order valence-electron chi connectivity index (χ1n) is 8.73. The Morgan fingerprint density at radius 2 is 2.18 bits per heavy atom. The minimum atomic E-state index is -0.274. The van der Waals surface area contributed by atoms with Gasteiger partial charge in [0.1, 0.15) is 18.3 Å². The molecule has 0 N–H and O–H groups in total. The molecule has 2 aromatic heterocycles. The van der Waals surface area contributed by atoms with Crippen molar-refractivity contribution in [1.82, 2.24) is 24.6 Å². The van der Waals surface area contributed by atoms with E-state index in [0.29, 0.717) is 35.5 Å². The third-order valence-electron chi connectivity index (χ3n) is 4.24. The molecule has 0 saturated heterocycles. The largest absolute Gasteiger partial charge is 0.484 e. The highest BCUT2D eigenvalue weighted by atomic mass is 16.7. The molecule has 0 bridgehead atoms. The number of amides is 1. The van der Waals surface area contributed by atoms with E-state index >= 15 is 0 Å². The minimum absolute atomic E-state index is 0.0841. The van der Waals surface area contributed by atoms with Crippen molar-refractivity contribution in [2.45, 2.75) is 26.6 Å². The molecule has 1 aliphatic heterocycles. The molecule has 28 heavy (non-hydrogen) atoms. The summed E-state index contributed by atoms with van der Waals surface area (Å²) in [6, 6.07) is 5.27. The van der Waals surface area contributed by atoms with E-state index in [-0.39, 0.29) is 25.0 Å². The Labute approximate surface area is 160 Å². The van der Waals surface area contributed by atoms with Crippen molar-refractivity contribution in [2.75, 3.05) is 13.8 Å². The zero-order valence-electron chi connectivity index (χ0n) is 15.5. The standard InChI is InChI=1S/C18H19N5O5/c1-3-23-10-19-21-16(23)7-22(2)18(24)13-8-26-17(20-13)9-25-12-4-5-14-15(6-12)28-11-27-14/h4-6,8,10H,3,7,9,11H2,1-2H3. The third-order valence-corrected chi connectivity index (χ3v) is 4.24. The summed E-state index contributed by atoms with van der Waals surface area (Å²) in [5.41, 5.74) is 0.203. The Hall–Kier alpha value is -3.56. The lowest BCUT2D eigenvalue weighted by Crippen LogP contribution is -2.28. The van der Waals surface area contributed by atoms with E-state index < -0.39 is 0 Å². The summed E-state index contributed by atoms with van der Waals surface area (Å²) >= 11 is 0. The van der Waals surface area contributed by atoms with Gasteiger partial charge in [-0.05, 0) is 19.1 Å². The van der Waals surface area contributed by atoms with Gasteiger partial charge in [0, 0.05) is 19.7 Å². The summed E-state index contributed by atoms with van der Waals surface area (Å²) in [6.45, 7) is 3.32. The van der Waals surface area contributed by atoms with Crippen LogP contribution in [0.3, 0.4) is 0 Å². The summed E-state index contributed by atoms with van der Waals surface area (Å²) in [7, 11) is 1.68. The molecule has 1 aromatic carbocycles. The SMILES string of the molecule is CCn1cnnc1CN(C)C(=O)c1coc(COc2ccc3c(c2)OCO3)n1. The van der Waals surface area contributed by atoms with Crippen LogP contribution in [0.2, 0.25) is 0 Å². The van der Waals surface area contributed by atoms with Crippen LogP contribution in [0.1, 0.15) is 29.1 Å². The van der Waals surface area contributed by atoms with E-state index in [0.717, 1.165) is 6.54 Å². The number of nitrogens with zero attached hydrogens (tertiary/aromatic N) is 5. The summed E-state index contributed by atoms with van der Waals surface area (Å²) < 4.78 is 23.4. The molecule has 3 heterocycles. The maximum absolute atomic E-state index is 12.6. The van der Waals surface area contributed by atoms with E-state index in [1.54, 1.807) is 31.6 Å². The topological polar surface area (TPSA) is 105 Å². The first-order chi connectivity index (χ1) is 13.6. The van der Waals surface area contributed by atoms with Crippen LogP contribution in [0.25, 0.3) is 0 Å². The Morgan fingerprint density at radius 3 is 3.04 bits per heavy atom. The fourth-order valence-corrected chi connectivity index (χ4v) is 2.73. The Kier molecular flexibility index (Phi) is 4.83. The van der Waals surface area contributed by atoms with Gasteiger partial charge in [-0.3, -0.25) is 4.79 Å². The Bertz CT molecular complexity index is 982. The van der Waals surface area contributed by atoms with Crippen LogP contribution in [-0.4, -0.2) is 44.4 Å². The molecule has 4 rings (SSSR count). The summed E-state index contributed by atoms with van der Waals surface area (Å²) in [5, 5.41) is 7.90. The lowest BCUT2D eigenvalue weighted by molar-refractivity contribution is 0.0774. The number of benzene rings is 1. The number of carbonyl (C=O) groups is 1. The van der Waals surface area contributed by atoms with Gasteiger partial charge in [0.15, 0.2) is 29.6 Å². The van der Waals surface area contributed by atoms with Gasteiger partial charge in [0.25, 0.3) is 5.91 Å². The number of fused-ring (bicyclic) bond motifs is 1. The Balaban J connectivity index is 1.36. The molecule has 10 nitrogen and oxygen atoms in total. The molecule has 3 aromatic rings. The van der Waals surface area contributed by atoms with Gasteiger partial charge in [0.2, 0.25) is 12.7 Å². The summed E-state index contributed by atoms with van der Waals surface area (Å²) in [5.74, 6) is 2.62. The molecule has 1 amide bonds. The predicted octanol–water partition coefficient (Wildman–Crippen LogP) is 1.87. The van der Waals surface area contributed by atoms with Crippen molar-refractivity contribution in [2.24, 2.45) is 0 Å². The van der Waals surface area contributed by atoms with Crippen molar-refractivity contribution in [3.63, 3.8) is 0 Å². The number of aryl methyl sites for hydroxylation is 1. The molecule has 0 radical (unpaired) electrons. The van der Waals surface area contributed by atoms with E-state index in [2.05, 4.69) is 15.2 Å². The van der Waals surface area contributed by atoms with Crippen LogP contribution in [0.5, 0.6) is 17.2 Å². The first kappa shape index (κ1) is 17.8. The van der Waals surface area contributed by atoms with Gasteiger partial charge < -0.3 is 28.1 Å². The monoisotopic (exact) mass is 385 g/mol. The quantitative estimate of drug-likeness (QED) is 0.607. The highest BCUT2D eigenvalue weighted by Crippen LogP contribution is 2.35. The zero-order chi connectivity index (χ0) is 19.5. The van der Waals surface area contributed by atoms with Crippen LogP contribution in [0.4, 0.5) is 0 Å². The molecular weight excluding hydrogens is 366 g/mol. The molecular formula is C18H19N5O5. The van der Waals surface area contributed by atoms with E-state index in [1.807, 2.05) is 11.5 Å². The van der Waals surface area contributed by atoms with Gasteiger partial charge in [-0.25, -0.2) is 4.98 Å². The molecule has 0 spiro atoms. The smallest absolute Gasteiger partial charge is 0.275 e. The molecule has 0 aliphatic carbocycles. The average molecular weight is 385 g/mol. The number of hydrogen-bond acceptors (Lipinski definition) is 8. The molecule has 146 valence electrons. The van der Waals surface area contributed by atoms with Crippen molar-refractivity contribution in [1.29, 1.82) is 0 Å². The number of carbonyl (C=O) groups excluding carboxylic acids is 1. The fourth-order valence-electron chi connectivity index (χ4n) is 2.73. The minimum Gasteiger partial charge on any atom is -0.484 e. The number of aromatic nitrogens is 4. The number of hydrogen-bond donors (Lipinski definition) is 0. The summed E-state index contributed by atoms with van der Waals surface area (Å²) in [6.07, 6.45) is 2.96. The second-order valence-electron chi connectivity index (χ2n) is 6.12. The first-order valence-corrected chi connectivity index (χ1v) is 8.73. The van der Waals surface area contributed by atoms with Crippen molar-refractivity contribution >= 4 is 5.91 Å². The van der Waals surface area contributed by atoms with Crippen molar-refractivity contribution in [3.05, 3.63) is 48.2 Å². The lowest BCUT2D eigenvalue weighted by atomic mass is 10.3. The maximum atomic E-state index is 12.6. The van der Waals surface area contributed by atoms with E-state index in [1.165, 1.54) is 11.2 Å². The predicted molar refractivity (Wildman–Crippen MR) is 94.9 cm³/mol. The fraction of sp³-hybridized carbons (Fsp3) is 0.333. The highest BCUT2D eigenvalue weighted by Gasteiger charge is 2.19. The molecule has 10 heteroatoms. The number of ether oxygens (including phenoxy) is 3. The van der Waals surface area contributed by atoms with Gasteiger partial charge in [-0.15, -0.1) is 10.2 Å². The number of rotatable bonds is 7. The van der Waals surface area contributed by atoms with E-state index in [9.17, 15) is 4.79 Å². The van der Waals surface area contributed by atoms with Gasteiger partial charge in [0.05, 0.1) is 6.54 Å². The van der Waals surface area contributed by atoms with Gasteiger partial charge in [-0.1, -0.05) is 0 Å². The van der Waals surface area contributed by atoms with Gasteiger partial charge >= 0.3 is 0 Å². The second kappa shape index (κ2) is 7.59. The van der Waals surface area contributed by atoms with E-state index in [4.69, 9.17) is 18.6 Å². The lowest BCUT2D eigenvalue weighted by Gasteiger charge is -2.15. The Morgan fingerprint density at radius 1 is 1.32 bits per heavy atom. The van der Waals surface area contributed by atoms with Gasteiger partial charge in [-0.2, -0.15) is 0 Å². The molecule has 0 fully saturated rings. The molecule has 0 atom stereocenters.